The van der Waals surface area contributed by atoms with E-state index in [1.54, 1.807) is 0 Å². The molecule has 2 heterocycles. The van der Waals surface area contributed by atoms with Gasteiger partial charge in [-0.05, 0) is 77.5 Å². The molecule has 0 spiro atoms. The van der Waals surface area contributed by atoms with Crippen molar-refractivity contribution in [1.29, 1.82) is 0 Å². The second kappa shape index (κ2) is 6.09. The van der Waals surface area contributed by atoms with Crippen molar-refractivity contribution in [3.05, 3.63) is 22.7 Å². The number of hydrogen-bond acceptors (Lipinski definition) is 3. The fourth-order valence-corrected chi connectivity index (χ4v) is 3.86. The lowest BCUT2D eigenvalue weighted by atomic mass is 9.79. The van der Waals surface area contributed by atoms with E-state index in [0.717, 1.165) is 16.5 Å². The molecular weight excluding hydrogens is 353 g/mol. The molecule has 0 aromatic heterocycles. The Kier molecular flexibility index (Phi) is 4.58. The Hall–Kier alpha value is -0.515. The van der Waals surface area contributed by atoms with Gasteiger partial charge in [-0.25, -0.2) is 0 Å². The number of rotatable bonds is 2. The number of piperidine rings is 1. The molecule has 1 atom stereocenters. The summed E-state index contributed by atoms with van der Waals surface area (Å²) in [7, 11) is -0.309. The predicted molar refractivity (Wildman–Crippen MR) is 101 cm³/mol. The Labute approximate surface area is 149 Å². The molecule has 2 saturated heterocycles. The van der Waals surface area contributed by atoms with Crippen molar-refractivity contribution in [2.24, 2.45) is 0 Å². The maximum absolute atomic E-state index is 6.21. The number of halogens is 1. The van der Waals surface area contributed by atoms with Crippen LogP contribution in [-0.4, -0.2) is 30.9 Å². The molecule has 23 heavy (non-hydrogen) atoms. The standard InChI is InChI=1S/C18H27BBrNO2/c1-13-8-6-7-9-21(13)16-11-14(10-15(20)12-16)19-22-17(2,3)18(4,5)23-19/h10-13H,6-9H2,1-5H3. The lowest BCUT2D eigenvalue weighted by molar-refractivity contribution is 0.00578. The molecule has 2 aliphatic rings. The maximum atomic E-state index is 6.21. The minimum Gasteiger partial charge on any atom is -0.399 e. The Morgan fingerprint density at radius 2 is 1.74 bits per heavy atom. The van der Waals surface area contributed by atoms with Gasteiger partial charge in [-0.15, -0.1) is 0 Å². The van der Waals surface area contributed by atoms with E-state index in [0.29, 0.717) is 6.04 Å². The van der Waals surface area contributed by atoms with Gasteiger partial charge >= 0.3 is 7.12 Å². The van der Waals surface area contributed by atoms with Crippen molar-refractivity contribution in [1.82, 2.24) is 0 Å². The summed E-state index contributed by atoms with van der Waals surface area (Å²) in [5.41, 5.74) is 1.74. The average molecular weight is 380 g/mol. The van der Waals surface area contributed by atoms with Gasteiger partial charge in [0.25, 0.3) is 0 Å². The maximum Gasteiger partial charge on any atom is 0.494 e. The van der Waals surface area contributed by atoms with Gasteiger partial charge in [-0.2, -0.15) is 0 Å². The van der Waals surface area contributed by atoms with Crippen LogP contribution in [0.4, 0.5) is 5.69 Å². The van der Waals surface area contributed by atoms with Crippen molar-refractivity contribution in [3.8, 4) is 0 Å². The van der Waals surface area contributed by atoms with Crippen LogP contribution in [0.15, 0.2) is 22.7 Å². The summed E-state index contributed by atoms with van der Waals surface area (Å²) in [4.78, 5) is 2.50. The molecule has 1 unspecified atom stereocenters. The molecule has 0 bridgehead atoms. The quantitative estimate of drug-likeness (QED) is 0.721. The summed E-state index contributed by atoms with van der Waals surface area (Å²) in [6.45, 7) is 11.8. The van der Waals surface area contributed by atoms with E-state index in [1.807, 2.05) is 0 Å². The molecule has 2 aliphatic heterocycles. The van der Waals surface area contributed by atoms with Gasteiger partial charge < -0.3 is 14.2 Å². The van der Waals surface area contributed by atoms with Gasteiger partial charge in [0.05, 0.1) is 11.2 Å². The first-order valence-electron chi connectivity index (χ1n) is 8.62. The molecular formula is C18H27BBrNO2. The minimum atomic E-state index is -0.309. The number of nitrogens with zero attached hydrogens (tertiary/aromatic N) is 1. The van der Waals surface area contributed by atoms with E-state index >= 15 is 0 Å². The Morgan fingerprint density at radius 3 is 2.35 bits per heavy atom. The van der Waals surface area contributed by atoms with Crippen LogP contribution in [-0.2, 0) is 9.31 Å². The van der Waals surface area contributed by atoms with Gasteiger partial charge in [-0.3, -0.25) is 0 Å². The molecule has 2 fully saturated rings. The Bertz CT molecular complexity index is 574. The van der Waals surface area contributed by atoms with Crippen LogP contribution in [0.5, 0.6) is 0 Å². The zero-order chi connectivity index (χ0) is 16.8. The van der Waals surface area contributed by atoms with E-state index in [1.165, 1.54) is 24.9 Å². The fourth-order valence-electron chi connectivity index (χ4n) is 3.36. The van der Waals surface area contributed by atoms with Crippen molar-refractivity contribution in [3.63, 3.8) is 0 Å². The normalized spacial score (nSPS) is 26.6. The molecule has 0 N–H and O–H groups in total. The summed E-state index contributed by atoms with van der Waals surface area (Å²) in [5.74, 6) is 0. The predicted octanol–water partition coefficient (Wildman–Crippen LogP) is 4.13. The summed E-state index contributed by atoms with van der Waals surface area (Å²) in [6, 6.07) is 7.13. The molecule has 1 aromatic rings. The first kappa shape index (κ1) is 17.3. The monoisotopic (exact) mass is 379 g/mol. The van der Waals surface area contributed by atoms with Crippen LogP contribution < -0.4 is 10.4 Å². The first-order chi connectivity index (χ1) is 10.7. The molecule has 3 rings (SSSR count). The molecule has 0 saturated carbocycles. The van der Waals surface area contributed by atoms with E-state index in [2.05, 4.69) is 73.6 Å². The molecule has 0 radical (unpaired) electrons. The molecule has 0 amide bonds. The van der Waals surface area contributed by atoms with Crippen molar-refractivity contribution >= 4 is 34.2 Å². The van der Waals surface area contributed by atoms with Crippen LogP contribution in [0, 0.1) is 0 Å². The summed E-state index contributed by atoms with van der Waals surface area (Å²) >= 11 is 3.67. The topological polar surface area (TPSA) is 21.7 Å². The van der Waals surface area contributed by atoms with Crippen LogP contribution in [0.3, 0.4) is 0 Å². The van der Waals surface area contributed by atoms with E-state index in [4.69, 9.17) is 9.31 Å². The molecule has 3 nitrogen and oxygen atoms in total. The SMILES string of the molecule is CC1CCCCN1c1cc(Br)cc(B2OC(C)(C)C(C)(C)O2)c1. The zero-order valence-corrected chi connectivity index (χ0v) is 16.4. The van der Waals surface area contributed by atoms with Crippen molar-refractivity contribution in [2.45, 2.75) is 71.1 Å². The smallest absolute Gasteiger partial charge is 0.399 e. The molecule has 126 valence electrons. The third-order valence-electron chi connectivity index (χ3n) is 5.56. The number of anilines is 1. The number of hydrogen-bond donors (Lipinski definition) is 0. The summed E-state index contributed by atoms with van der Waals surface area (Å²) < 4.78 is 13.5. The van der Waals surface area contributed by atoms with E-state index in [-0.39, 0.29) is 18.3 Å². The van der Waals surface area contributed by atoms with Crippen LogP contribution in [0.1, 0.15) is 53.9 Å². The van der Waals surface area contributed by atoms with Crippen LogP contribution >= 0.6 is 15.9 Å². The second-order valence-corrected chi connectivity index (χ2v) is 8.78. The van der Waals surface area contributed by atoms with Crippen molar-refractivity contribution < 1.29 is 9.31 Å². The van der Waals surface area contributed by atoms with Gasteiger partial charge in [0.2, 0.25) is 0 Å². The second-order valence-electron chi connectivity index (χ2n) is 7.87. The fraction of sp³-hybridized carbons (Fsp3) is 0.667. The van der Waals surface area contributed by atoms with Gasteiger partial charge in [0, 0.05) is 22.7 Å². The Balaban J connectivity index is 1.90. The lowest BCUT2D eigenvalue weighted by Gasteiger charge is -2.35. The first-order valence-corrected chi connectivity index (χ1v) is 9.42. The third-order valence-corrected chi connectivity index (χ3v) is 6.02. The third kappa shape index (κ3) is 3.33. The van der Waals surface area contributed by atoms with Crippen molar-refractivity contribution in [2.75, 3.05) is 11.4 Å². The van der Waals surface area contributed by atoms with Gasteiger partial charge in [0.1, 0.15) is 0 Å². The largest absolute Gasteiger partial charge is 0.494 e. The zero-order valence-electron chi connectivity index (χ0n) is 14.9. The van der Waals surface area contributed by atoms with Gasteiger partial charge in [0.15, 0.2) is 0 Å². The minimum absolute atomic E-state index is 0.307. The highest BCUT2D eigenvalue weighted by atomic mass is 79.9. The van der Waals surface area contributed by atoms with E-state index < -0.39 is 0 Å². The average Bonchev–Trinajstić information content (AvgIpc) is 2.67. The molecule has 0 aliphatic carbocycles. The highest BCUT2D eigenvalue weighted by Gasteiger charge is 2.51. The molecule has 1 aromatic carbocycles. The number of benzene rings is 1. The van der Waals surface area contributed by atoms with Gasteiger partial charge in [-0.1, -0.05) is 15.9 Å². The summed E-state index contributed by atoms with van der Waals surface area (Å²) in [6.07, 6.45) is 3.86. The lowest BCUT2D eigenvalue weighted by Crippen LogP contribution is -2.41. The molecule has 5 heteroatoms. The highest BCUT2D eigenvalue weighted by Crippen LogP contribution is 2.37. The Morgan fingerprint density at radius 1 is 1.09 bits per heavy atom. The van der Waals surface area contributed by atoms with E-state index in [9.17, 15) is 0 Å². The van der Waals surface area contributed by atoms with Crippen LogP contribution in [0.2, 0.25) is 0 Å². The van der Waals surface area contributed by atoms with Crippen LogP contribution in [0.25, 0.3) is 0 Å². The highest BCUT2D eigenvalue weighted by molar-refractivity contribution is 9.10. The summed E-state index contributed by atoms with van der Waals surface area (Å²) in [5, 5.41) is 0.